The van der Waals surface area contributed by atoms with Gasteiger partial charge < -0.3 is 29.4 Å². The zero-order valence-electron chi connectivity index (χ0n) is 28.4. The second-order valence-corrected chi connectivity index (χ2v) is 19.0. The van der Waals surface area contributed by atoms with Gasteiger partial charge in [-0.3, -0.25) is 9.59 Å². The van der Waals surface area contributed by atoms with E-state index in [-0.39, 0.29) is 42.1 Å². The molecule has 3 heterocycles. The summed E-state index contributed by atoms with van der Waals surface area (Å²) in [7, 11) is -0.629. The van der Waals surface area contributed by atoms with E-state index in [1.54, 1.807) is 18.2 Å². The molecule has 2 atom stereocenters. The number of nitrogens with zero attached hydrogens (tertiary/aromatic N) is 3. The number of ether oxygens (including phenoxy) is 2. The van der Waals surface area contributed by atoms with E-state index in [9.17, 15) is 9.59 Å². The lowest BCUT2D eigenvalue weighted by Gasteiger charge is -2.38. The molecule has 0 bridgehead atoms. The molecule has 5 rings (SSSR count). The fourth-order valence-electron chi connectivity index (χ4n) is 5.50. The second-order valence-electron chi connectivity index (χ2n) is 13.8. The van der Waals surface area contributed by atoms with Gasteiger partial charge in [0.2, 0.25) is 11.9 Å². The molecule has 2 aromatic carbocycles. The Morgan fingerprint density at radius 1 is 1.17 bits per heavy atom. The molecule has 0 saturated carbocycles. The fourth-order valence-corrected chi connectivity index (χ4v) is 6.71. The van der Waals surface area contributed by atoms with E-state index in [0.717, 1.165) is 24.0 Å². The third-order valence-electron chi connectivity index (χ3n) is 9.55. The first-order valence-electron chi connectivity index (χ1n) is 16.2. The summed E-state index contributed by atoms with van der Waals surface area (Å²) < 4.78 is 17.4. The Hall–Kier alpha value is -3.51. The summed E-state index contributed by atoms with van der Waals surface area (Å²) >= 11 is 6.58. The molecule has 3 aromatic rings. The second kappa shape index (κ2) is 14.3. The van der Waals surface area contributed by atoms with Crippen LogP contribution in [0.1, 0.15) is 68.1 Å². The highest BCUT2D eigenvalue weighted by molar-refractivity contribution is 6.74. The molecule has 0 aliphatic carbocycles. The van der Waals surface area contributed by atoms with E-state index in [1.165, 1.54) is 0 Å². The number of rotatable bonds is 11. The maximum absolute atomic E-state index is 14.1. The van der Waals surface area contributed by atoms with Gasteiger partial charge in [0.05, 0.1) is 36.7 Å². The van der Waals surface area contributed by atoms with Crippen LogP contribution in [0.25, 0.3) is 11.3 Å². The van der Waals surface area contributed by atoms with Crippen molar-refractivity contribution in [3.05, 3.63) is 70.4 Å². The van der Waals surface area contributed by atoms with E-state index < -0.39 is 14.4 Å². The molecule has 1 saturated heterocycles. The highest BCUT2D eigenvalue weighted by Crippen LogP contribution is 2.38. The summed E-state index contributed by atoms with van der Waals surface area (Å²) in [6.45, 7) is 14.4. The number of anilines is 1. The van der Waals surface area contributed by atoms with Crippen molar-refractivity contribution in [2.45, 2.75) is 83.3 Å². The summed E-state index contributed by atoms with van der Waals surface area (Å²) in [6.07, 6.45) is 3.32. The van der Waals surface area contributed by atoms with Crippen LogP contribution in [0, 0.1) is 0 Å². The first-order chi connectivity index (χ1) is 22.3. The van der Waals surface area contributed by atoms with E-state index in [2.05, 4.69) is 49.5 Å². The minimum absolute atomic E-state index is 0.0654. The average Bonchev–Trinajstić information content (AvgIpc) is 3.37. The molecule has 1 fully saturated rings. The first-order valence-corrected chi connectivity index (χ1v) is 19.5. The van der Waals surface area contributed by atoms with E-state index in [1.807, 2.05) is 49.4 Å². The highest BCUT2D eigenvalue weighted by Gasteiger charge is 2.42. The lowest BCUT2D eigenvalue weighted by molar-refractivity contribution is -0.127. The molecule has 2 amide bonds. The number of hydrogen-bond acceptors (Lipinski definition) is 8. The van der Waals surface area contributed by atoms with Crippen molar-refractivity contribution in [2.24, 2.45) is 0 Å². The quantitative estimate of drug-likeness (QED) is 0.217. The van der Waals surface area contributed by atoms with Crippen molar-refractivity contribution >= 4 is 37.7 Å². The van der Waals surface area contributed by atoms with Crippen molar-refractivity contribution in [3.63, 3.8) is 0 Å². The molecule has 2 aliphatic heterocycles. The predicted molar refractivity (Wildman–Crippen MR) is 186 cm³/mol. The van der Waals surface area contributed by atoms with Crippen molar-refractivity contribution in [3.8, 4) is 17.0 Å². The molecule has 252 valence electrons. The normalized spacial score (nSPS) is 16.9. The summed E-state index contributed by atoms with van der Waals surface area (Å²) in [6, 6.07) is 12.3. The smallest absolute Gasteiger partial charge is 0.255 e. The van der Waals surface area contributed by atoms with Crippen molar-refractivity contribution < 1.29 is 23.5 Å². The van der Waals surface area contributed by atoms with Gasteiger partial charge in [0.15, 0.2) is 8.32 Å². The maximum Gasteiger partial charge on any atom is 0.255 e. The number of methoxy groups -OCH3 is 1. The number of fused-ring (bicyclic) bond motifs is 1. The molecule has 2 unspecified atom stereocenters. The molecule has 1 aromatic heterocycles. The van der Waals surface area contributed by atoms with E-state index in [0.29, 0.717) is 46.8 Å². The molecule has 12 heteroatoms. The van der Waals surface area contributed by atoms with Crippen LogP contribution in [0.3, 0.4) is 0 Å². The van der Waals surface area contributed by atoms with E-state index >= 15 is 0 Å². The largest absolute Gasteiger partial charge is 0.497 e. The van der Waals surface area contributed by atoms with Gasteiger partial charge in [-0.2, -0.15) is 0 Å². The third kappa shape index (κ3) is 7.97. The van der Waals surface area contributed by atoms with Crippen LogP contribution < -0.4 is 15.4 Å². The number of carbonyl (C=O) groups is 2. The van der Waals surface area contributed by atoms with Gasteiger partial charge in [-0.25, -0.2) is 9.97 Å². The highest BCUT2D eigenvalue weighted by atomic mass is 35.5. The zero-order chi connectivity index (χ0) is 33.9. The van der Waals surface area contributed by atoms with Gasteiger partial charge in [0, 0.05) is 36.9 Å². The fraction of sp³-hybridized carbons (Fsp3) is 0.486. The van der Waals surface area contributed by atoms with Crippen LogP contribution in [0.2, 0.25) is 23.2 Å². The minimum atomic E-state index is -2.24. The van der Waals surface area contributed by atoms with Crippen LogP contribution in [0.15, 0.2) is 48.7 Å². The number of amides is 2. The summed E-state index contributed by atoms with van der Waals surface area (Å²) in [5.74, 6) is 0.677. The lowest BCUT2D eigenvalue weighted by Crippen LogP contribution is -2.53. The monoisotopic (exact) mass is 679 g/mol. The standard InChI is InChI=1S/C35H46ClN5O5Si/c1-22(23-9-8-10-27(17-23)44-5)38-32(42)30(21-46-47(6,7)35(2,3)4)41-20-25-12-11-24(18-28(25)33(41)43)31-29(36)19-37-34(40-31)39-26-13-15-45-16-14-26/h8-12,17-19,22,26,30H,13-16,20-21H2,1-7H3,(H,38,42)(H,37,39,40). The minimum Gasteiger partial charge on any atom is -0.497 e. The molecular weight excluding hydrogens is 634 g/mol. The van der Waals surface area contributed by atoms with Crippen LogP contribution in [0.5, 0.6) is 5.75 Å². The van der Waals surface area contributed by atoms with Crippen molar-refractivity contribution in [2.75, 3.05) is 32.2 Å². The first kappa shape index (κ1) is 34.8. The Labute approximate surface area is 283 Å². The third-order valence-corrected chi connectivity index (χ3v) is 14.3. The zero-order valence-corrected chi connectivity index (χ0v) is 30.1. The molecular formula is C35H46ClN5O5Si. The van der Waals surface area contributed by atoms with Gasteiger partial charge in [0.25, 0.3) is 5.91 Å². The maximum atomic E-state index is 14.1. The summed E-state index contributed by atoms with van der Waals surface area (Å²) in [5, 5.41) is 6.84. The topological polar surface area (TPSA) is 115 Å². The van der Waals surface area contributed by atoms with Gasteiger partial charge in [0.1, 0.15) is 11.8 Å². The Kier molecular flexibility index (Phi) is 10.6. The molecule has 2 aliphatic rings. The van der Waals surface area contributed by atoms with Gasteiger partial charge in [-0.1, -0.05) is 56.6 Å². The number of aromatic nitrogens is 2. The lowest BCUT2D eigenvalue weighted by atomic mass is 10.0. The Morgan fingerprint density at radius 2 is 1.91 bits per heavy atom. The molecule has 47 heavy (non-hydrogen) atoms. The number of nitrogens with one attached hydrogen (secondary N) is 2. The molecule has 10 nitrogen and oxygen atoms in total. The van der Waals surface area contributed by atoms with Crippen molar-refractivity contribution in [1.82, 2.24) is 20.2 Å². The predicted octanol–water partition coefficient (Wildman–Crippen LogP) is 6.62. The number of benzene rings is 2. The van der Waals surface area contributed by atoms with Crippen LogP contribution in [-0.4, -0.2) is 74.0 Å². The number of hydrogen-bond donors (Lipinski definition) is 2. The molecule has 0 spiro atoms. The molecule has 0 radical (unpaired) electrons. The Morgan fingerprint density at radius 3 is 2.62 bits per heavy atom. The Balaban J connectivity index is 1.39. The van der Waals surface area contributed by atoms with Crippen LogP contribution in [-0.2, 0) is 20.5 Å². The van der Waals surface area contributed by atoms with Gasteiger partial charge >= 0.3 is 0 Å². The van der Waals surface area contributed by atoms with Crippen LogP contribution >= 0.6 is 11.6 Å². The Bertz CT molecular complexity index is 1610. The van der Waals surface area contributed by atoms with Crippen molar-refractivity contribution in [1.29, 1.82) is 0 Å². The van der Waals surface area contributed by atoms with E-state index in [4.69, 9.17) is 30.5 Å². The average molecular weight is 680 g/mol. The molecule has 2 N–H and O–H groups in total. The van der Waals surface area contributed by atoms with Gasteiger partial charge in [-0.05, 0) is 67.2 Å². The summed E-state index contributed by atoms with van der Waals surface area (Å²) in [4.78, 5) is 38.8. The van der Waals surface area contributed by atoms with Crippen LogP contribution in [0.4, 0.5) is 5.95 Å². The van der Waals surface area contributed by atoms with Gasteiger partial charge in [-0.15, -0.1) is 0 Å². The number of halogens is 1. The SMILES string of the molecule is COc1cccc(C(C)NC(=O)C(CO[Si](C)(C)C(C)(C)C)N2Cc3ccc(-c4nc(NC5CCOCC5)ncc4Cl)cc3C2=O)c1. The number of carbonyl (C=O) groups excluding carboxylic acids is 2. The summed E-state index contributed by atoms with van der Waals surface area (Å²) in [5.41, 5.74) is 3.48.